The third-order valence-corrected chi connectivity index (χ3v) is 3.41. The van der Waals surface area contributed by atoms with Crippen molar-refractivity contribution in [3.8, 4) is 34.9 Å². The maximum Gasteiger partial charge on any atom is 0.0894 e. The van der Waals surface area contributed by atoms with Gasteiger partial charge in [0.2, 0.25) is 0 Å². The second kappa shape index (κ2) is 7.13. The molecule has 0 atom stereocenters. The van der Waals surface area contributed by atoms with Crippen LogP contribution in [0.3, 0.4) is 0 Å². The largest absolute Gasteiger partial charge is 0.250 e. The zero-order valence-electron chi connectivity index (χ0n) is 12.8. The van der Waals surface area contributed by atoms with E-state index in [9.17, 15) is 0 Å². The molecule has 0 saturated carbocycles. The molecule has 0 saturated heterocycles. The predicted molar refractivity (Wildman–Crippen MR) is 89.3 cm³/mol. The fourth-order valence-corrected chi connectivity index (χ4v) is 2.32. The lowest BCUT2D eigenvalue weighted by Crippen LogP contribution is -1.96. The standard InChI is InChI=1S/C19H13N5/c20-12-10-14-4-1-6-16(22-14)18-8-3-9-19(24-18)17-7-2-5-15(23-17)11-13-21/h1-9H,10-11H2. The second-order valence-electron chi connectivity index (χ2n) is 5.11. The van der Waals surface area contributed by atoms with E-state index >= 15 is 0 Å². The Kier molecular flexibility index (Phi) is 4.55. The van der Waals surface area contributed by atoms with Gasteiger partial charge < -0.3 is 0 Å². The summed E-state index contributed by atoms with van der Waals surface area (Å²) >= 11 is 0. The molecule has 0 aliphatic rings. The zero-order chi connectivity index (χ0) is 16.8. The number of nitriles is 2. The van der Waals surface area contributed by atoms with Gasteiger partial charge in [0.25, 0.3) is 0 Å². The Balaban J connectivity index is 1.98. The Morgan fingerprint density at radius 2 is 0.958 bits per heavy atom. The molecule has 5 heteroatoms. The highest BCUT2D eigenvalue weighted by atomic mass is 14.8. The topological polar surface area (TPSA) is 86.2 Å². The first-order valence-electron chi connectivity index (χ1n) is 7.44. The van der Waals surface area contributed by atoms with Crippen molar-refractivity contribution in [2.24, 2.45) is 0 Å². The molecule has 0 N–H and O–H groups in total. The number of rotatable bonds is 4. The molecule has 0 aromatic carbocycles. The minimum Gasteiger partial charge on any atom is -0.250 e. The first kappa shape index (κ1) is 15.3. The van der Waals surface area contributed by atoms with Crippen LogP contribution in [0.15, 0.2) is 54.6 Å². The lowest BCUT2D eigenvalue weighted by atomic mass is 10.1. The molecule has 5 nitrogen and oxygen atoms in total. The lowest BCUT2D eigenvalue weighted by molar-refractivity contribution is 1.10. The van der Waals surface area contributed by atoms with Crippen LogP contribution in [-0.2, 0) is 12.8 Å². The van der Waals surface area contributed by atoms with Gasteiger partial charge in [0, 0.05) is 0 Å². The Morgan fingerprint density at radius 1 is 0.583 bits per heavy atom. The van der Waals surface area contributed by atoms with Crippen LogP contribution >= 0.6 is 0 Å². The SMILES string of the molecule is N#CCc1cccc(-c2cccc(-c3cccc(CC#N)n3)n2)n1. The molecule has 3 rings (SSSR count). The van der Waals surface area contributed by atoms with E-state index in [4.69, 9.17) is 10.5 Å². The highest BCUT2D eigenvalue weighted by Gasteiger charge is 2.07. The summed E-state index contributed by atoms with van der Waals surface area (Å²) in [5, 5.41) is 17.6. The molecule has 3 aromatic heterocycles. The highest BCUT2D eigenvalue weighted by Crippen LogP contribution is 2.21. The summed E-state index contributed by atoms with van der Waals surface area (Å²) in [6.07, 6.45) is 0.538. The van der Waals surface area contributed by atoms with Gasteiger partial charge in [-0.2, -0.15) is 10.5 Å². The van der Waals surface area contributed by atoms with Gasteiger partial charge >= 0.3 is 0 Å². The van der Waals surface area contributed by atoms with Crippen molar-refractivity contribution in [2.75, 3.05) is 0 Å². The van der Waals surface area contributed by atoms with Crippen LogP contribution in [0, 0.1) is 22.7 Å². The zero-order valence-corrected chi connectivity index (χ0v) is 12.8. The van der Waals surface area contributed by atoms with Gasteiger partial charge in [-0.05, 0) is 36.4 Å². The van der Waals surface area contributed by atoms with Crippen LogP contribution in [0.25, 0.3) is 22.8 Å². The molecule has 0 spiro atoms. The fraction of sp³-hybridized carbons (Fsp3) is 0.105. The number of pyridine rings is 3. The molecule has 3 heterocycles. The molecule has 0 aliphatic heterocycles. The van der Waals surface area contributed by atoms with E-state index in [1.165, 1.54) is 0 Å². The molecule has 0 unspecified atom stereocenters. The summed E-state index contributed by atoms with van der Waals surface area (Å²) in [5.74, 6) is 0. The van der Waals surface area contributed by atoms with Crippen LogP contribution in [-0.4, -0.2) is 15.0 Å². The third-order valence-electron chi connectivity index (χ3n) is 3.41. The number of hydrogen-bond donors (Lipinski definition) is 0. The number of aromatic nitrogens is 3. The van der Waals surface area contributed by atoms with Crippen LogP contribution in [0.4, 0.5) is 0 Å². The molecule has 0 amide bonds. The number of hydrogen-bond acceptors (Lipinski definition) is 5. The van der Waals surface area contributed by atoms with Crippen molar-refractivity contribution in [3.05, 3.63) is 66.0 Å². The minimum atomic E-state index is 0.269. The first-order valence-corrected chi connectivity index (χ1v) is 7.44. The average molecular weight is 311 g/mol. The smallest absolute Gasteiger partial charge is 0.0894 e. The molecule has 24 heavy (non-hydrogen) atoms. The molecule has 0 radical (unpaired) electrons. The molecule has 0 aliphatic carbocycles. The molecular weight excluding hydrogens is 298 g/mol. The Hall–Kier alpha value is -3.57. The van der Waals surface area contributed by atoms with Crippen molar-refractivity contribution in [2.45, 2.75) is 12.8 Å². The van der Waals surface area contributed by atoms with Crippen molar-refractivity contribution >= 4 is 0 Å². The molecule has 114 valence electrons. The van der Waals surface area contributed by atoms with Crippen molar-refractivity contribution in [1.29, 1.82) is 10.5 Å². The predicted octanol–water partition coefficient (Wildman–Crippen LogP) is 3.34. The summed E-state index contributed by atoms with van der Waals surface area (Å²) in [6.45, 7) is 0. The van der Waals surface area contributed by atoms with E-state index in [0.29, 0.717) is 0 Å². The van der Waals surface area contributed by atoms with Gasteiger partial charge in [-0.15, -0.1) is 0 Å². The van der Waals surface area contributed by atoms with E-state index in [0.717, 1.165) is 34.2 Å². The van der Waals surface area contributed by atoms with Crippen LogP contribution in [0.5, 0.6) is 0 Å². The van der Waals surface area contributed by atoms with Gasteiger partial charge in [0.15, 0.2) is 0 Å². The summed E-state index contributed by atoms with van der Waals surface area (Å²) < 4.78 is 0. The van der Waals surface area contributed by atoms with E-state index < -0.39 is 0 Å². The van der Waals surface area contributed by atoms with Crippen molar-refractivity contribution in [3.63, 3.8) is 0 Å². The Morgan fingerprint density at radius 3 is 1.38 bits per heavy atom. The lowest BCUT2D eigenvalue weighted by Gasteiger charge is -2.06. The monoisotopic (exact) mass is 311 g/mol. The Bertz CT molecular complexity index is 875. The molecule has 0 bridgehead atoms. The first-order chi connectivity index (χ1) is 11.8. The summed E-state index contributed by atoms with van der Waals surface area (Å²) in [4.78, 5) is 13.6. The van der Waals surface area contributed by atoms with Crippen LogP contribution in [0.1, 0.15) is 11.4 Å². The van der Waals surface area contributed by atoms with Gasteiger partial charge in [-0.25, -0.2) is 4.98 Å². The summed E-state index contributed by atoms with van der Waals surface area (Å²) in [7, 11) is 0. The molecular formula is C19H13N5. The fourth-order valence-electron chi connectivity index (χ4n) is 2.32. The van der Waals surface area contributed by atoms with E-state index in [2.05, 4.69) is 27.1 Å². The van der Waals surface area contributed by atoms with Crippen LogP contribution in [0.2, 0.25) is 0 Å². The van der Waals surface area contributed by atoms with Gasteiger partial charge in [0.05, 0.1) is 59.1 Å². The summed E-state index contributed by atoms with van der Waals surface area (Å²) in [6, 6.07) is 21.0. The maximum absolute atomic E-state index is 8.81. The quantitative estimate of drug-likeness (QED) is 0.737. The summed E-state index contributed by atoms with van der Waals surface area (Å²) in [5.41, 5.74) is 4.32. The minimum absolute atomic E-state index is 0.269. The van der Waals surface area contributed by atoms with Crippen LogP contribution < -0.4 is 0 Å². The van der Waals surface area contributed by atoms with Gasteiger partial charge in [-0.3, -0.25) is 9.97 Å². The highest BCUT2D eigenvalue weighted by molar-refractivity contribution is 5.61. The van der Waals surface area contributed by atoms with Gasteiger partial charge in [-0.1, -0.05) is 18.2 Å². The normalized spacial score (nSPS) is 9.92. The van der Waals surface area contributed by atoms with E-state index in [1.54, 1.807) is 0 Å². The second-order valence-corrected chi connectivity index (χ2v) is 5.11. The molecule has 3 aromatic rings. The van der Waals surface area contributed by atoms with E-state index in [-0.39, 0.29) is 12.8 Å². The third kappa shape index (κ3) is 3.43. The Labute approximate surface area is 139 Å². The maximum atomic E-state index is 8.81. The number of nitrogens with zero attached hydrogens (tertiary/aromatic N) is 5. The van der Waals surface area contributed by atoms with Crippen molar-refractivity contribution in [1.82, 2.24) is 15.0 Å². The van der Waals surface area contributed by atoms with Crippen molar-refractivity contribution < 1.29 is 0 Å². The van der Waals surface area contributed by atoms with Gasteiger partial charge in [0.1, 0.15) is 0 Å². The van der Waals surface area contributed by atoms with E-state index in [1.807, 2.05) is 54.6 Å². The molecule has 0 fully saturated rings. The average Bonchev–Trinajstić information content (AvgIpc) is 2.63.